The number of nitrogens with one attached hydrogen (secondary N) is 2. The summed E-state index contributed by atoms with van der Waals surface area (Å²) < 4.78 is 6.39. The summed E-state index contributed by atoms with van der Waals surface area (Å²) in [5, 5.41) is 17.3. The van der Waals surface area contributed by atoms with Crippen molar-refractivity contribution in [2.24, 2.45) is 5.92 Å². The molecule has 182 valence electrons. The van der Waals surface area contributed by atoms with Gasteiger partial charge in [0.2, 0.25) is 0 Å². The van der Waals surface area contributed by atoms with Gasteiger partial charge < -0.3 is 4.42 Å². The van der Waals surface area contributed by atoms with E-state index in [0.29, 0.717) is 40.7 Å². The van der Waals surface area contributed by atoms with Crippen LogP contribution in [0, 0.1) is 24.2 Å². The molecule has 1 unspecified atom stereocenters. The molecule has 1 aromatic heterocycles. The predicted molar refractivity (Wildman–Crippen MR) is 143 cm³/mol. The van der Waals surface area contributed by atoms with E-state index < -0.39 is 0 Å². The molecule has 5 rings (SSSR count). The fourth-order valence-electron chi connectivity index (χ4n) is 5.32. The van der Waals surface area contributed by atoms with Crippen LogP contribution in [0.2, 0.25) is 0 Å². The highest BCUT2D eigenvalue weighted by Crippen LogP contribution is 2.31. The number of fused-ring (bicyclic) bond motifs is 1. The minimum atomic E-state index is -0.308. The number of hydrogen-bond acceptors (Lipinski definition) is 5. The van der Waals surface area contributed by atoms with Crippen LogP contribution in [-0.2, 0) is 18.5 Å². The molecule has 5 nitrogen and oxygen atoms in total. The van der Waals surface area contributed by atoms with Gasteiger partial charge in [0.25, 0.3) is 0 Å². The Morgan fingerprint density at radius 2 is 1.75 bits per heavy atom. The Morgan fingerprint density at radius 3 is 2.44 bits per heavy atom. The Labute approximate surface area is 211 Å². The maximum Gasteiger partial charge on any atom is 0.196 e. The van der Waals surface area contributed by atoms with Gasteiger partial charge in [-0.15, -0.1) is 0 Å². The fraction of sp³-hybridized carbons (Fsp3) is 0.290. The summed E-state index contributed by atoms with van der Waals surface area (Å²) in [4.78, 5) is 13.6. The standard InChI is InChI=1S/C31H31N3O2/c1-21-8-11-25(12-9-21)31(33-14-15-34-31)19-22(2)16-28-27(17-23-6-4-3-5-7-23)30(35)26-13-10-24(20-32)18-29(26)36-28/h3-13,18,22,33-34H,14-17,19H2,1-2H3. The minimum absolute atomic E-state index is 0.0165. The lowest BCUT2D eigenvalue weighted by Crippen LogP contribution is -2.47. The highest BCUT2D eigenvalue weighted by atomic mass is 16.3. The first-order valence-electron chi connectivity index (χ1n) is 12.6. The van der Waals surface area contributed by atoms with E-state index in [-0.39, 0.29) is 17.0 Å². The second kappa shape index (κ2) is 10.1. The molecule has 2 heterocycles. The molecule has 4 aromatic rings. The Kier molecular flexibility index (Phi) is 6.73. The number of aryl methyl sites for hydroxylation is 1. The normalized spacial score (nSPS) is 15.6. The third-order valence-electron chi connectivity index (χ3n) is 7.13. The molecule has 0 radical (unpaired) electrons. The summed E-state index contributed by atoms with van der Waals surface area (Å²) in [6, 6.07) is 25.9. The summed E-state index contributed by atoms with van der Waals surface area (Å²) >= 11 is 0. The van der Waals surface area contributed by atoms with Gasteiger partial charge in [0.15, 0.2) is 5.43 Å². The van der Waals surface area contributed by atoms with E-state index in [9.17, 15) is 10.1 Å². The molecular weight excluding hydrogens is 446 g/mol. The van der Waals surface area contributed by atoms with Gasteiger partial charge in [-0.3, -0.25) is 15.4 Å². The SMILES string of the molecule is Cc1ccc(C2(CC(C)Cc3oc4cc(C#N)ccc4c(=O)c3Cc3ccccc3)NCCN2)cc1. The van der Waals surface area contributed by atoms with Crippen molar-refractivity contribution in [2.45, 2.75) is 38.8 Å². The van der Waals surface area contributed by atoms with Crippen LogP contribution in [0.3, 0.4) is 0 Å². The maximum atomic E-state index is 13.6. The molecule has 1 fully saturated rings. The van der Waals surface area contributed by atoms with Crippen LogP contribution in [0.1, 0.15) is 46.9 Å². The Bertz CT molecular complexity index is 1460. The van der Waals surface area contributed by atoms with Gasteiger partial charge in [-0.05, 0) is 48.6 Å². The lowest BCUT2D eigenvalue weighted by Gasteiger charge is -2.33. The van der Waals surface area contributed by atoms with Gasteiger partial charge in [-0.1, -0.05) is 67.1 Å². The lowest BCUT2D eigenvalue weighted by molar-refractivity contribution is 0.260. The molecule has 1 saturated heterocycles. The molecule has 2 N–H and O–H groups in total. The molecule has 0 amide bonds. The van der Waals surface area contributed by atoms with Gasteiger partial charge in [0.05, 0.1) is 22.7 Å². The van der Waals surface area contributed by atoms with Crippen LogP contribution in [0.15, 0.2) is 82.0 Å². The molecule has 1 aliphatic heterocycles. The smallest absolute Gasteiger partial charge is 0.196 e. The summed E-state index contributed by atoms with van der Waals surface area (Å²) in [7, 11) is 0. The topological polar surface area (TPSA) is 78.1 Å². The highest BCUT2D eigenvalue weighted by Gasteiger charge is 2.36. The number of rotatable bonds is 7. The summed E-state index contributed by atoms with van der Waals surface area (Å²) in [6.07, 6.45) is 1.99. The van der Waals surface area contributed by atoms with Crippen LogP contribution in [0.5, 0.6) is 0 Å². The molecule has 0 aliphatic carbocycles. The average molecular weight is 478 g/mol. The summed E-state index contributed by atoms with van der Waals surface area (Å²) in [5.41, 5.74) is 4.86. The van der Waals surface area contributed by atoms with Crippen LogP contribution in [0.25, 0.3) is 11.0 Å². The van der Waals surface area contributed by atoms with Crippen LogP contribution >= 0.6 is 0 Å². The second-order valence-electron chi connectivity index (χ2n) is 9.96. The van der Waals surface area contributed by atoms with Crippen molar-refractivity contribution in [1.82, 2.24) is 10.6 Å². The molecule has 3 aromatic carbocycles. The first-order chi connectivity index (χ1) is 17.5. The van der Waals surface area contributed by atoms with Crippen molar-refractivity contribution < 1.29 is 4.42 Å². The molecule has 0 bridgehead atoms. The monoisotopic (exact) mass is 477 g/mol. The predicted octanol–water partition coefficient (Wildman–Crippen LogP) is 5.18. The summed E-state index contributed by atoms with van der Waals surface area (Å²) in [6.45, 7) is 6.12. The summed E-state index contributed by atoms with van der Waals surface area (Å²) in [5.74, 6) is 0.926. The fourth-order valence-corrected chi connectivity index (χ4v) is 5.32. The minimum Gasteiger partial charge on any atom is -0.460 e. The molecule has 5 heteroatoms. The number of hydrogen-bond donors (Lipinski definition) is 2. The average Bonchev–Trinajstić information content (AvgIpc) is 3.36. The van der Waals surface area contributed by atoms with Crippen LogP contribution in [0.4, 0.5) is 0 Å². The Morgan fingerprint density at radius 1 is 1.03 bits per heavy atom. The maximum absolute atomic E-state index is 13.6. The quantitative estimate of drug-likeness (QED) is 0.384. The first kappa shape index (κ1) is 24.0. The van der Waals surface area contributed by atoms with E-state index in [4.69, 9.17) is 4.42 Å². The van der Waals surface area contributed by atoms with Crippen LogP contribution < -0.4 is 16.1 Å². The van der Waals surface area contributed by atoms with E-state index >= 15 is 0 Å². The molecule has 0 saturated carbocycles. The molecule has 1 aliphatic rings. The largest absolute Gasteiger partial charge is 0.460 e. The number of nitriles is 1. The van der Waals surface area contributed by atoms with Gasteiger partial charge in [-0.25, -0.2) is 0 Å². The molecule has 0 spiro atoms. The third kappa shape index (κ3) is 4.83. The zero-order valence-corrected chi connectivity index (χ0v) is 20.8. The molecule has 1 atom stereocenters. The van der Waals surface area contributed by atoms with Gasteiger partial charge in [-0.2, -0.15) is 5.26 Å². The Hall–Kier alpha value is -3.72. The van der Waals surface area contributed by atoms with Crippen molar-refractivity contribution in [3.63, 3.8) is 0 Å². The van der Waals surface area contributed by atoms with E-state index in [1.54, 1.807) is 18.2 Å². The highest BCUT2D eigenvalue weighted by molar-refractivity contribution is 5.79. The van der Waals surface area contributed by atoms with Crippen molar-refractivity contribution in [1.29, 1.82) is 5.26 Å². The van der Waals surface area contributed by atoms with Gasteiger partial charge in [0, 0.05) is 31.5 Å². The lowest BCUT2D eigenvalue weighted by atomic mass is 9.86. The van der Waals surface area contributed by atoms with Crippen LogP contribution in [-0.4, -0.2) is 13.1 Å². The van der Waals surface area contributed by atoms with E-state index in [0.717, 1.165) is 25.1 Å². The van der Waals surface area contributed by atoms with Crippen molar-refractivity contribution in [3.05, 3.63) is 117 Å². The zero-order valence-electron chi connectivity index (χ0n) is 20.8. The van der Waals surface area contributed by atoms with Crippen molar-refractivity contribution in [3.8, 4) is 6.07 Å². The third-order valence-corrected chi connectivity index (χ3v) is 7.13. The second-order valence-corrected chi connectivity index (χ2v) is 9.96. The van der Waals surface area contributed by atoms with Crippen molar-refractivity contribution in [2.75, 3.05) is 13.1 Å². The Balaban J connectivity index is 1.51. The molecule has 36 heavy (non-hydrogen) atoms. The van der Waals surface area contributed by atoms with E-state index in [2.05, 4.69) is 54.8 Å². The number of nitrogens with zero attached hydrogens (tertiary/aromatic N) is 1. The van der Waals surface area contributed by atoms with Gasteiger partial charge in [0.1, 0.15) is 11.3 Å². The van der Waals surface area contributed by atoms with E-state index in [1.165, 1.54) is 11.1 Å². The van der Waals surface area contributed by atoms with Crippen molar-refractivity contribution >= 4 is 11.0 Å². The first-order valence-corrected chi connectivity index (χ1v) is 12.6. The van der Waals surface area contributed by atoms with Gasteiger partial charge >= 0.3 is 0 Å². The van der Waals surface area contributed by atoms with E-state index in [1.807, 2.05) is 30.3 Å². The zero-order chi connectivity index (χ0) is 25.1. The number of benzene rings is 3. The molecular formula is C31H31N3O2.